The van der Waals surface area contributed by atoms with Crippen LogP contribution >= 0.6 is 0 Å². The molecule has 1 saturated carbocycles. The zero-order chi connectivity index (χ0) is 24.2. The van der Waals surface area contributed by atoms with Crippen molar-refractivity contribution in [1.82, 2.24) is 20.2 Å². The van der Waals surface area contributed by atoms with Gasteiger partial charge in [0.25, 0.3) is 0 Å². The van der Waals surface area contributed by atoms with Crippen molar-refractivity contribution in [2.24, 2.45) is 5.41 Å². The molecule has 10 heteroatoms. The molecular weight excluding hydrogens is 444 g/mol. The summed E-state index contributed by atoms with van der Waals surface area (Å²) in [6.45, 7) is 9.41. The molecule has 2 aromatic heterocycles. The van der Waals surface area contributed by atoms with Crippen LogP contribution in [0, 0.1) is 19.3 Å². The van der Waals surface area contributed by atoms with Crippen LogP contribution in [0.25, 0.3) is 22.0 Å². The normalized spacial score (nSPS) is 21.1. The third kappa shape index (κ3) is 4.08. The number of pyridine rings is 1. The second-order valence-electron chi connectivity index (χ2n) is 9.73. The Bertz CT molecular complexity index is 1320. The van der Waals surface area contributed by atoms with E-state index in [1.54, 1.807) is 38.2 Å². The molecule has 0 spiro atoms. The van der Waals surface area contributed by atoms with Gasteiger partial charge in [0.05, 0.1) is 21.6 Å². The SMILES string of the molecule is Cc1noc(C)c1-c1cc(S(=O)(=O)NC2CC(NC(=O)O)(C(C)(C)C)C2)c2cccnc2c1. The Hall–Kier alpha value is -2.98. The summed E-state index contributed by atoms with van der Waals surface area (Å²) in [6, 6.07) is 6.47. The molecule has 1 fully saturated rings. The lowest BCUT2D eigenvalue weighted by Gasteiger charge is -2.55. The van der Waals surface area contributed by atoms with Crippen molar-refractivity contribution in [3.63, 3.8) is 0 Å². The van der Waals surface area contributed by atoms with Gasteiger partial charge in [-0.1, -0.05) is 25.9 Å². The maximum absolute atomic E-state index is 13.5. The lowest BCUT2D eigenvalue weighted by Crippen LogP contribution is -2.69. The highest BCUT2D eigenvalue weighted by molar-refractivity contribution is 7.89. The van der Waals surface area contributed by atoms with Gasteiger partial charge < -0.3 is 14.9 Å². The number of carbonyl (C=O) groups is 1. The highest BCUT2D eigenvalue weighted by Crippen LogP contribution is 2.46. The predicted molar refractivity (Wildman–Crippen MR) is 123 cm³/mol. The minimum atomic E-state index is -3.93. The van der Waals surface area contributed by atoms with Crippen molar-refractivity contribution < 1.29 is 22.8 Å². The monoisotopic (exact) mass is 472 g/mol. The van der Waals surface area contributed by atoms with E-state index < -0.39 is 27.7 Å². The van der Waals surface area contributed by atoms with Crippen LogP contribution in [0.3, 0.4) is 0 Å². The fourth-order valence-electron chi connectivity index (χ4n) is 4.66. The van der Waals surface area contributed by atoms with E-state index in [1.165, 1.54) is 0 Å². The van der Waals surface area contributed by atoms with Gasteiger partial charge in [-0.15, -0.1) is 0 Å². The standard InChI is InChI=1S/C23H28N4O5S/c1-13-20(14(2)32-26-13)15-9-18-17(7-6-8-24-18)19(10-15)33(30,31)27-16-11-23(12-16,22(3,4)5)25-21(28)29/h6-10,16,25,27H,11-12H2,1-5H3,(H,28,29). The van der Waals surface area contributed by atoms with Gasteiger partial charge in [0.2, 0.25) is 10.0 Å². The van der Waals surface area contributed by atoms with Gasteiger partial charge >= 0.3 is 6.09 Å². The zero-order valence-electron chi connectivity index (χ0n) is 19.3. The number of sulfonamides is 1. The molecule has 33 heavy (non-hydrogen) atoms. The van der Waals surface area contributed by atoms with Crippen LogP contribution in [0.2, 0.25) is 0 Å². The minimum absolute atomic E-state index is 0.113. The predicted octanol–water partition coefficient (Wildman–Crippen LogP) is 4.00. The molecule has 0 atom stereocenters. The average molecular weight is 473 g/mol. The van der Waals surface area contributed by atoms with E-state index in [-0.39, 0.29) is 10.3 Å². The largest absolute Gasteiger partial charge is 0.465 e. The Morgan fingerprint density at radius 2 is 1.94 bits per heavy atom. The van der Waals surface area contributed by atoms with Crippen LogP contribution < -0.4 is 10.0 Å². The van der Waals surface area contributed by atoms with E-state index in [1.807, 2.05) is 26.8 Å². The first-order valence-corrected chi connectivity index (χ1v) is 12.2. The highest BCUT2D eigenvalue weighted by Gasteiger charge is 2.54. The molecule has 0 aliphatic heterocycles. The summed E-state index contributed by atoms with van der Waals surface area (Å²) in [5.74, 6) is 0.591. The molecule has 1 aliphatic carbocycles. The van der Waals surface area contributed by atoms with E-state index in [0.717, 1.165) is 5.56 Å². The quantitative estimate of drug-likeness (QED) is 0.511. The molecule has 3 aromatic rings. The van der Waals surface area contributed by atoms with Crippen LogP contribution in [0.4, 0.5) is 4.79 Å². The van der Waals surface area contributed by atoms with Crippen LogP contribution in [0.1, 0.15) is 45.1 Å². The van der Waals surface area contributed by atoms with Gasteiger partial charge in [-0.05, 0) is 61.9 Å². The number of nitrogens with zero attached hydrogens (tertiary/aromatic N) is 2. The Kier molecular flexibility index (Phi) is 5.49. The van der Waals surface area contributed by atoms with Crippen molar-refractivity contribution in [1.29, 1.82) is 0 Å². The van der Waals surface area contributed by atoms with Crippen molar-refractivity contribution >= 4 is 27.0 Å². The van der Waals surface area contributed by atoms with Gasteiger partial charge in [0.1, 0.15) is 5.76 Å². The Balaban J connectivity index is 1.71. The Morgan fingerprint density at radius 3 is 2.52 bits per heavy atom. The third-order valence-electron chi connectivity index (χ3n) is 6.59. The first kappa shape index (κ1) is 23.2. The number of amides is 1. The lowest BCUT2D eigenvalue weighted by atomic mass is 9.59. The molecule has 176 valence electrons. The summed E-state index contributed by atoms with van der Waals surface area (Å²) in [5.41, 5.74) is 1.53. The van der Waals surface area contributed by atoms with Gasteiger partial charge in [0.15, 0.2) is 0 Å². The molecular formula is C23H28N4O5S. The van der Waals surface area contributed by atoms with E-state index in [4.69, 9.17) is 4.52 Å². The first-order valence-electron chi connectivity index (χ1n) is 10.7. The zero-order valence-corrected chi connectivity index (χ0v) is 20.1. The molecule has 0 saturated heterocycles. The topological polar surface area (TPSA) is 134 Å². The second-order valence-corrected chi connectivity index (χ2v) is 11.4. The molecule has 0 bridgehead atoms. The third-order valence-corrected chi connectivity index (χ3v) is 8.15. The summed E-state index contributed by atoms with van der Waals surface area (Å²) >= 11 is 0. The van der Waals surface area contributed by atoms with Crippen LogP contribution in [-0.2, 0) is 10.0 Å². The minimum Gasteiger partial charge on any atom is -0.465 e. The molecule has 2 heterocycles. The lowest BCUT2D eigenvalue weighted by molar-refractivity contribution is 0.0304. The molecule has 1 amide bonds. The maximum Gasteiger partial charge on any atom is 0.405 e. The molecule has 1 aliphatic rings. The van der Waals surface area contributed by atoms with E-state index in [0.29, 0.717) is 40.8 Å². The number of aromatic nitrogens is 2. The summed E-state index contributed by atoms with van der Waals surface area (Å²) in [7, 11) is -3.93. The van der Waals surface area contributed by atoms with E-state index in [9.17, 15) is 18.3 Å². The average Bonchev–Trinajstić information content (AvgIpc) is 3.02. The number of fused-ring (bicyclic) bond motifs is 1. The number of benzene rings is 1. The maximum atomic E-state index is 13.5. The van der Waals surface area contributed by atoms with Crippen molar-refractivity contribution in [3.8, 4) is 11.1 Å². The smallest absolute Gasteiger partial charge is 0.405 e. The fourth-order valence-corrected chi connectivity index (χ4v) is 6.14. The second kappa shape index (κ2) is 7.81. The number of nitrogens with one attached hydrogen (secondary N) is 2. The number of hydrogen-bond donors (Lipinski definition) is 3. The molecule has 9 nitrogen and oxygen atoms in total. The van der Waals surface area contributed by atoms with Crippen LogP contribution in [0.15, 0.2) is 39.9 Å². The highest BCUT2D eigenvalue weighted by atomic mass is 32.2. The molecule has 0 unspecified atom stereocenters. The fraction of sp³-hybridized carbons (Fsp3) is 0.435. The van der Waals surface area contributed by atoms with Crippen molar-refractivity contribution in [2.45, 2.75) is 63.9 Å². The molecule has 0 radical (unpaired) electrons. The van der Waals surface area contributed by atoms with Gasteiger partial charge in [-0.3, -0.25) is 4.98 Å². The van der Waals surface area contributed by atoms with Crippen LogP contribution in [-0.4, -0.2) is 41.3 Å². The number of aryl methyl sites for hydroxylation is 2. The number of hydrogen-bond acceptors (Lipinski definition) is 6. The van der Waals surface area contributed by atoms with Crippen molar-refractivity contribution in [3.05, 3.63) is 41.9 Å². The Labute approximate surface area is 192 Å². The van der Waals surface area contributed by atoms with E-state index >= 15 is 0 Å². The summed E-state index contributed by atoms with van der Waals surface area (Å²) in [5, 5.41) is 16.4. The Morgan fingerprint density at radius 1 is 1.24 bits per heavy atom. The number of rotatable bonds is 5. The van der Waals surface area contributed by atoms with E-state index in [2.05, 4.69) is 20.2 Å². The molecule has 1 aromatic carbocycles. The molecule has 3 N–H and O–H groups in total. The van der Waals surface area contributed by atoms with Gasteiger partial charge in [-0.25, -0.2) is 17.9 Å². The van der Waals surface area contributed by atoms with Crippen LogP contribution in [0.5, 0.6) is 0 Å². The summed E-state index contributed by atoms with van der Waals surface area (Å²) in [4.78, 5) is 15.8. The summed E-state index contributed by atoms with van der Waals surface area (Å²) < 4.78 is 35.1. The summed E-state index contributed by atoms with van der Waals surface area (Å²) in [6.07, 6.45) is 1.23. The first-order chi connectivity index (χ1) is 15.3. The van der Waals surface area contributed by atoms with Crippen molar-refractivity contribution in [2.75, 3.05) is 0 Å². The number of carboxylic acid groups (broad SMARTS) is 1. The van der Waals surface area contributed by atoms with Gasteiger partial charge in [0, 0.05) is 23.2 Å². The molecule has 4 rings (SSSR count). The van der Waals surface area contributed by atoms with Gasteiger partial charge in [-0.2, -0.15) is 0 Å².